The molecule has 2 heterocycles. The highest BCUT2D eigenvalue weighted by molar-refractivity contribution is 7.92. The van der Waals surface area contributed by atoms with Gasteiger partial charge < -0.3 is 24.4 Å². The number of para-hydroxylation sites is 1. The van der Waals surface area contributed by atoms with Crippen molar-refractivity contribution >= 4 is 32.7 Å². The van der Waals surface area contributed by atoms with E-state index in [1.807, 2.05) is 0 Å². The lowest BCUT2D eigenvalue weighted by molar-refractivity contribution is -0.115. The Hall–Kier alpha value is -4.54. The number of hydrogen-bond donors (Lipinski definition) is 3. The molecule has 0 bridgehead atoms. The van der Waals surface area contributed by atoms with Crippen LogP contribution in [0.1, 0.15) is 11.1 Å². The van der Waals surface area contributed by atoms with E-state index in [2.05, 4.69) is 32.1 Å². The number of nitrogens with zero attached hydrogens (tertiary/aromatic N) is 3. The van der Waals surface area contributed by atoms with Crippen LogP contribution in [0.15, 0.2) is 58.2 Å². The molecule has 0 aliphatic rings. The van der Waals surface area contributed by atoms with Gasteiger partial charge in [-0.15, -0.1) is 0 Å². The van der Waals surface area contributed by atoms with Crippen molar-refractivity contribution in [1.82, 2.24) is 20.3 Å². The highest BCUT2D eigenvalue weighted by Crippen LogP contribution is 2.35. The van der Waals surface area contributed by atoms with Crippen LogP contribution >= 0.6 is 0 Å². The van der Waals surface area contributed by atoms with Gasteiger partial charge in [0.2, 0.25) is 0 Å². The predicted octanol–water partition coefficient (Wildman–Crippen LogP) is 1.50. The Balaban J connectivity index is 1.54. The van der Waals surface area contributed by atoms with Crippen LogP contribution < -0.4 is 19.5 Å². The number of benzene rings is 2. The number of sulfonamides is 1. The lowest BCUT2D eigenvalue weighted by Crippen LogP contribution is -2.20. The van der Waals surface area contributed by atoms with E-state index in [4.69, 9.17) is 19.1 Å². The minimum absolute atomic E-state index is 0.0225. The molecule has 2 aromatic carbocycles. The third-order valence-corrected chi connectivity index (χ3v) is 6.55. The Bertz CT molecular complexity index is 1600. The summed E-state index contributed by atoms with van der Waals surface area (Å²) in [4.78, 5) is 11.5. The molecule has 192 valence electrons. The molecule has 13 heteroatoms. The normalized spacial score (nSPS) is 11.0. The number of aliphatic hydroxyl groups excluding tert-OH is 1. The molecule has 2 aromatic heterocycles. The summed E-state index contributed by atoms with van der Waals surface area (Å²) in [5, 5.41) is 19.8. The van der Waals surface area contributed by atoms with E-state index in [0.29, 0.717) is 23.3 Å². The lowest BCUT2D eigenvalue weighted by atomic mass is 10.1. The van der Waals surface area contributed by atoms with Crippen molar-refractivity contribution < 1.29 is 32.3 Å². The number of hydrogen-bond acceptors (Lipinski definition) is 9. The third kappa shape index (κ3) is 5.83. The number of ether oxygens (including phenoxy) is 2. The minimum Gasteiger partial charge on any atom is -0.496 e. The van der Waals surface area contributed by atoms with Crippen LogP contribution in [-0.4, -0.2) is 55.2 Å². The van der Waals surface area contributed by atoms with Gasteiger partial charge in [-0.25, -0.2) is 8.42 Å². The molecule has 37 heavy (non-hydrogen) atoms. The van der Waals surface area contributed by atoms with Crippen molar-refractivity contribution in [3.8, 4) is 23.3 Å². The van der Waals surface area contributed by atoms with E-state index < -0.39 is 15.9 Å². The van der Waals surface area contributed by atoms with Gasteiger partial charge in [-0.2, -0.15) is 5.10 Å². The fourth-order valence-corrected chi connectivity index (χ4v) is 4.73. The average molecular weight is 526 g/mol. The molecular weight excluding hydrogens is 502 g/mol. The summed E-state index contributed by atoms with van der Waals surface area (Å²) in [6, 6.07) is 9.66. The van der Waals surface area contributed by atoms with Gasteiger partial charge in [0.15, 0.2) is 11.4 Å². The maximum Gasteiger partial charge on any atom is 0.296 e. The van der Waals surface area contributed by atoms with Gasteiger partial charge in [0.05, 0.1) is 27.0 Å². The van der Waals surface area contributed by atoms with E-state index in [1.165, 1.54) is 20.3 Å². The number of anilines is 1. The van der Waals surface area contributed by atoms with E-state index >= 15 is 0 Å². The SMILES string of the molecule is COc1ccccc1S(=O)(=O)Nc1noc2cc(Cn3cc(CNC(=O)C#CCO)cn3)cc(OC)c12. The van der Waals surface area contributed by atoms with E-state index in [0.717, 1.165) is 11.1 Å². The Labute approximate surface area is 212 Å². The number of rotatable bonds is 9. The number of carbonyl (C=O) groups is 1. The molecule has 0 aliphatic carbocycles. The molecule has 12 nitrogen and oxygen atoms in total. The molecule has 0 aliphatic heterocycles. The second kappa shape index (κ2) is 11.0. The molecule has 4 rings (SSSR count). The summed E-state index contributed by atoms with van der Waals surface area (Å²) < 4.78 is 46.2. The summed E-state index contributed by atoms with van der Waals surface area (Å²) in [6.07, 6.45) is 3.36. The number of aliphatic hydroxyl groups is 1. The topological polar surface area (TPSA) is 158 Å². The molecular formula is C24H23N5O7S. The number of fused-ring (bicyclic) bond motifs is 1. The largest absolute Gasteiger partial charge is 0.496 e. The van der Waals surface area contributed by atoms with Crippen molar-refractivity contribution in [3.05, 3.63) is 59.9 Å². The number of amides is 1. The van der Waals surface area contributed by atoms with Gasteiger partial charge >= 0.3 is 0 Å². The van der Waals surface area contributed by atoms with Crippen LogP contribution in [0.4, 0.5) is 5.82 Å². The van der Waals surface area contributed by atoms with Gasteiger partial charge in [0.25, 0.3) is 15.9 Å². The van der Waals surface area contributed by atoms with Crippen LogP contribution in [0.5, 0.6) is 11.5 Å². The van der Waals surface area contributed by atoms with Crippen LogP contribution in [0, 0.1) is 11.8 Å². The molecule has 0 radical (unpaired) electrons. The first-order valence-electron chi connectivity index (χ1n) is 10.9. The summed E-state index contributed by atoms with van der Waals surface area (Å²) in [7, 11) is -1.19. The predicted molar refractivity (Wildman–Crippen MR) is 132 cm³/mol. The fraction of sp³-hybridized carbons (Fsp3) is 0.208. The quantitative estimate of drug-likeness (QED) is 0.275. The smallest absolute Gasteiger partial charge is 0.296 e. The van der Waals surface area contributed by atoms with Crippen LogP contribution in [0.2, 0.25) is 0 Å². The summed E-state index contributed by atoms with van der Waals surface area (Å²) >= 11 is 0. The van der Waals surface area contributed by atoms with Crippen LogP contribution in [0.25, 0.3) is 11.0 Å². The van der Waals surface area contributed by atoms with E-state index in [9.17, 15) is 13.2 Å². The van der Waals surface area contributed by atoms with Gasteiger partial charge in [-0.3, -0.25) is 14.2 Å². The number of aromatic nitrogens is 3. The molecule has 0 saturated carbocycles. The second-order valence-electron chi connectivity index (χ2n) is 7.65. The fourth-order valence-electron chi connectivity index (χ4n) is 3.55. The lowest BCUT2D eigenvalue weighted by Gasteiger charge is -2.11. The Morgan fingerprint density at radius 2 is 1.95 bits per heavy atom. The molecule has 0 atom stereocenters. The van der Waals surface area contributed by atoms with Gasteiger partial charge in [-0.05, 0) is 35.7 Å². The summed E-state index contributed by atoms with van der Waals surface area (Å²) in [5.41, 5.74) is 1.82. The second-order valence-corrected chi connectivity index (χ2v) is 9.30. The molecule has 4 aromatic rings. The minimum atomic E-state index is -4.03. The zero-order chi connectivity index (χ0) is 26.4. The molecule has 3 N–H and O–H groups in total. The van der Waals surface area contributed by atoms with Crippen LogP contribution in [-0.2, 0) is 27.9 Å². The molecule has 0 fully saturated rings. The van der Waals surface area contributed by atoms with Gasteiger partial charge in [-0.1, -0.05) is 23.2 Å². The Morgan fingerprint density at radius 3 is 2.70 bits per heavy atom. The first kappa shape index (κ1) is 25.5. The maximum absolute atomic E-state index is 13.0. The van der Waals surface area contributed by atoms with E-state index in [1.54, 1.807) is 47.4 Å². The van der Waals surface area contributed by atoms with Gasteiger partial charge in [0, 0.05) is 18.3 Å². The summed E-state index contributed by atoms with van der Waals surface area (Å²) in [6.45, 7) is 0.173. The van der Waals surface area contributed by atoms with Crippen LogP contribution in [0.3, 0.4) is 0 Å². The van der Waals surface area contributed by atoms with Crippen molar-refractivity contribution in [1.29, 1.82) is 0 Å². The Morgan fingerprint density at radius 1 is 1.16 bits per heavy atom. The zero-order valence-electron chi connectivity index (χ0n) is 19.9. The highest BCUT2D eigenvalue weighted by atomic mass is 32.2. The van der Waals surface area contributed by atoms with Crippen molar-refractivity contribution in [2.75, 3.05) is 25.5 Å². The zero-order valence-corrected chi connectivity index (χ0v) is 20.7. The van der Waals surface area contributed by atoms with Crippen molar-refractivity contribution in [2.45, 2.75) is 18.0 Å². The number of carbonyl (C=O) groups excluding carboxylic acids is 1. The van der Waals surface area contributed by atoms with Crippen molar-refractivity contribution in [3.63, 3.8) is 0 Å². The third-order valence-electron chi connectivity index (χ3n) is 5.17. The molecule has 1 amide bonds. The first-order chi connectivity index (χ1) is 17.8. The molecule has 0 spiro atoms. The number of nitrogens with one attached hydrogen (secondary N) is 2. The number of methoxy groups -OCH3 is 2. The van der Waals surface area contributed by atoms with Gasteiger partial charge in [0.1, 0.15) is 28.4 Å². The molecule has 0 saturated heterocycles. The maximum atomic E-state index is 13.0. The monoisotopic (exact) mass is 525 g/mol. The van der Waals surface area contributed by atoms with E-state index in [-0.39, 0.29) is 29.6 Å². The van der Waals surface area contributed by atoms with Crippen molar-refractivity contribution in [2.24, 2.45) is 0 Å². The molecule has 0 unspecified atom stereocenters. The summed E-state index contributed by atoms with van der Waals surface area (Å²) in [5.74, 6) is 4.55. The highest BCUT2D eigenvalue weighted by Gasteiger charge is 2.24. The Kier molecular flexibility index (Phi) is 7.61. The first-order valence-corrected chi connectivity index (χ1v) is 12.3. The average Bonchev–Trinajstić information content (AvgIpc) is 3.52. The standard InChI is InChI=1S/C24H23N5O7S/c1-34-18-6-3-4-7-21(18)37(32,33)28-24-23-19(35-2)10-16(11-20(23)36-27-24)14-29-15-17(13-26-29)12-25-22(31)8-5-9-30/h3-4,6-7,10-11,13,15,30H,9,12,14H2,1-2H3,(H,25,31)(H,27,28).